The van der Waals surface area contributed by atoms with Crippen LogP contribution in [-0.2, 0) is 4.74 Å². The summed E-state index contributed by atoms with van der Waals surface area (Å²) in [7, 11) is 2.01. The minimum atomic E-state index is 0.142. The number of rotatable bonds is 5. The summed E-state index contributed by atoms with van der Waals surface area (Å²) in [5.74, 6) is 0.960. The van der Waals surface area contributed by atoms with Crippen molar-refractivity contribution in [2.24, 2.45) is 5.41 Å². The van der Waals surface area contributed by atoms with Crippen molar-refractivity contribution in [3.63, 3.8) is 0 Å². The third-order valence-electron chi connectivity index (χ3n) is 9.07. The van der Waals surface area contributed by atoms with Gasteiger partial charge in [0.25, 0.3) is 0 Å². The van der Waals surface area contributed by atoms with Gasteiger partial charge < -0.3 is 24.3 Å². The van der Waals surface area contributed by atoms with E-state index in [-0.39, 0.29) is 11.4 Å². The molecular formula is C31H33N9O2S. The zero-order chi connectivity index (χ0) is 29.3. The lowest BCUT2D eigenvalue weighted by atomic mass is 9.72. The van der Waals surface area contributed by atoms with Crippen molar-refractivity contribution < 1.29 is 9.53 Å². The molecule has 220 valence electrons. The normalized spacial score (nSPS) is 19.3. The molecule has 4 aliphatic rings. The van der Waals surface area contributed by atoms with Crippen LogP contribution in [0.3, 0.4) is 0 Å². The van der Waals surface area contributed by atoms with E-state index in [9.17, 15) is 10.1 Å². The Hall–Kier alpha value is -4.21. The Labute approximate surface area is 253 Å². The van der Waals surface area contributed by atoms with Crippen LogP contribution in [0.2, 0.25) is 0 Å². The highest BCUT2D eigenvalue weighted by Crippen LogP contribution is 2.46. The van der Waals surface area contributed by atoms with Gasteiger partial charge in [0.15, 0.2) is 10.8 Å². The number of fused-ring (bicyclic) bond motifs is 1. The fourth-order valence-corrected chi connectivity index (χ4v) is 7.42. The summed E-state index contributed by atoms with van der Waals surface area (Å²) >= 11 is 1.40. The van der Waals surface area contributed by atoms with Gasteiger partial charge in [-0.15, -0.1) is 0 Å². The molecule has 12 heteroatoms. The first kappa shape index (κ1) is 26.4. The molecule has 1 saturated carbocycles. The van der Waals surface area contributed by atoms with Crippen LogP contribution >= 0.6 is 11.3 Å². The molecule has 1 aliphatic carbocycles. The Morgan fingerprint density at radius 1 is 1.12 bits per heavy atom. The number of ether oxygens (including phenoxy) is 1. The molecule has 3 saturated heterocycles. The highest BCUT2D eigenvalue weighted by molar-refractivity contribution is 7.16. The Kier molecular flexibility index (Phi) is 6.10. The molecule has 4 fully saturated rings. The molecule has 0 N–H and O–H groups in total. The number of morpholine rings is 1. The molecule has 0 atom stereocenters. The van der Waals surface area contributed by atoms with E-state index in [1.54, 1.807) is 0 Å². The largest absolute Gasteiger partial charge is 0.378 e. The molecule has 4 aromatic rings. The zero-order valence-electron chi connectivity index (χ0n) is 24.4. The highest BCUT2D eigenvalue weighted by Gasteiger charge is 2.54. The van der Waals surface area contributed by atoms with Crippen LogP contribution in [0, 0.1) is 23.7 Å². The number of nitriles is 1. The third kappa shape index (κ3) is 4.49. The molecule has 3 aliphatic heterocycles. The first-order valence-electron chi connectivity index (χ1n) is 14.9. The van der Waals surface area contributed by atoms with Gasteiger partial charge in [0.1, 0.15) is 22.5 Å². The number of carbonyl (C=O) groups is 1. The van der Waals surface area contributed by atoms with Crippen LogP contribution in [0.15, 0.2) is 36.5 Å². The van der Waals surface area contributed by atoms with Crippen molar-refractivity contribution in [2.45, 2.75) is 25.8 Å². The van der Waals surface area contributed by atoms with E-state index < -0.39 is 0 Å². The number of hydrogen-bond acceptors (Lipinski definition) is 9. The van der Waals surface area contributed by atoms with E-state index in [2.05, 4.69) is 33.5 Å². The maximum atomic E-state index is 12.9. The summed E-state index contributed by atoms with van der Waals surface area (Å²) in [5, 5.41) is 16.6. The van der Waals surface area contributed by atoms with Crippen molar-refractivity contribution in [1.82, 2.24) is 29.5 Å². The van der Waals surface area contributed by atoms with Gasteiger partial charge in [0, 0.05) is 57.3 Å². The molecule has 11 nitrogen and oxygen atoms in total. The number of nitrogens with zero attached hydrogens (tertiary/aromatic N) is 9. The second-order valence-electron chi connectivity index (χ2n) is 12.4. The van der Waals surface area contributed by atoms with E-state index in [1.807, 2.05) is 47.3 Å². The molecule has 43 heavy (non-hydrogen) atoms. The summed E-state index contributed by atoms with van der Waals surface area (Å²) in [6, 6.07) is 13.2. The van der Waals surface area contributed by atoms with Crippen LogP contribution < -0.4 is 9.80 Å². The molecular weight excluding hydrogens is 562 g/mol. The second kappa shape index (κ2) is 9.92. The second-order valence-corrected chi connectivity index (χ2v) is 13.3. The third-order valence-corrected chi connectivity index (χ3v) is 10.1. The van der Waals surface area contributed by atoms with Gasteiger partial charge in [-0.2, -0.15) is 10.4 Å². The van der Waals surface area contributed by atoms with Crippen LogP contribution in [0.25, 0.3) is 22.3 Å². The molecule has 6 heterocycles. The van der Waals surface area contributed by atoms with Crippen molar-refractivity contribution in [1.29, 1.82) is 5.26 Å². The van der Waals surface area contributed by atoms with Gasteiger partial charge in [-0.3, -0.25) is 0 Å². The lowest BCUT2D eigenvalue weighted by Crippen LogP contribution is -2.74. The number of benzene rings is 1. The van der Waals surface area contributed by atoms with Crippen LogP contribution in [-0.4, -0.2) is 95.1 Å². The average Bonchev–Trinajstić information content (AvgIpc) is 3.63. The van der Waals surface area contributed by atoms with E-state index in [0.717, 1.165) is 72.3 Å². The lowest BCUT2D eigenvalue weighted by Gasteiger charge is -2.61. The average molecular weight is 596 g/mol. The maximum Gasteiger partial charge on any atom is 0.320 e. The predicted molar refractivity (Wildman–Crippen MR) is 165 cm³/mol. The Balaban J connectivity index is 1.04. The monoisotopic (exact) mass is 595 g/mol. The first-order valence-corrected chi connectivity index (χ1v) is 15.7. The number of likely N-dealkylation sites (tertiary alicyclic amines) is 1. The molecule has 0 unspecified atom stereocenters. The number of carbonyl (C=O) groups excluding carboxylic acids is 1. The van der Waals surface area contributed by atoms with Crippen LogP contribution in [0.1, 0.15) is 29.3 Å². The number of aryl methyl sites for hydroxylation is 1. The van der Waals surface area contributed by atoms with Crippen molar-refractivity contribution in [3.05, 3.63) is 47.0 Å². The molecule has 3 aromatic heterocycles. The SMILES string of the molecule is Cc1ccc(-c2nc(N(C)c3c4cc(N5CC6(CN(C(=O)N7CCOCC7)C6)C5)cnc4nn3C3CC3)sc2C#N)cc1. The fraction of sp³-hybridized carbons (Fsp3) is 0.452. The van der Waals surface area contributed by atoms with Gasteiger partial charge in [0.05, 0.1) is 36.5 Å². The van der Waals surface area contributed by atoms with Crippen molar-refractivity contribution in [2.75, 3.05) is 69.3 Å². The number of hydrogen-bond donors (Lipinski definition) is 0. The summed E-state index contributed by atoms with van der Waals surface area (Å²) in [4.78, 5) is 31.5. The first-order chi connectivity index (χ1) is 20.9. The summed E-state index contributed by atoms with van der Waals surface area (Å²) in [5.41, 5.74) is 4.77. The predicted octanol–water partition coefficient (Wildman–Crippen LogP) is 4.41. The van der Waals surface area contributed by atoms with Gasteiger partial charge in [-0.25, -0.2) is 19.4 Å². The molecule has 1 spiro atoms. The highest BCUT2D eigenvalue weighted by atomic mass is 32.1. The zero-order valence-corrected chi connectivity index (χ0v) is 25.2. The van der Waals surface area contributed by atoms with Gasteiger partial charge in [0.2, 0.25) is 0 Å². The number of pyridine rings is 1. The maximum absolute atomic E-state index is 12.9. The van der Waals surface area contributed by atoms with Gasteiger partial charge >= 0.3 is 6.03 Å². The van der Waals surface area contributed by atoms with Crippen molar-refractivity contribution >= 4 is 45.0 Å². The number of thiazole rings is 1. The van der Waals surface area contributed by atoms with E-state index in [4.69, 9.17) is 19.8 Å². The topological polar surface area (TPSA) is 107 Å². The van der Waals surface area contributed by atoms with Crippen molar-refractivity contribution in [3.8, 4) is 17.3 Å². The molecule has 2 amide bonds. The standard InChI is InChI=1S/C31H33N9O2S/c1-20-3-5-21(6-4-20)26-25(14-32)43-29(34-26)36(2)28-24-13-23(15-33-27(24)35-40(28)22-7-8-22)38-16-31(17-38)18-39(19-31)30(41)37-9-11-42-12-10-37/h3-6,13,15,22H,7-12,16-19H2,1-2H3. The molecule has 1 aromatic carbocycles. The summed E-state index contributed by atoms with van der Waals surface area (Å²) in [6.45, 7) is 8.08. The lowest BCUT2D eigenvalue weighted by molar-refractivity contribution is -0.0179. The minimum Gasteiger partial charge on any atom is -0.378 e. The summed E-state index contributed by atoms with van der Waals surface area (Å²) in [6.07, 6.45) is 4.10. The molecule has 0 radical (unpaired) electrons. The van der Waals surface area contributed by atoms with Crippen LogP contribution in [0.5, 0.6) is 0 Å². The number of anilines is 3. The van der Waals surface area contributed by atoms with E-state index in [1.165, 1.54) is 16.9 Å². The van der Waals surface area contributed by atoms with E-state index in [0.29, 0.717) is 42.9 Å². The Morgan fingerprint density at radius 2 is 1.86 bits per heavy atom. The number of urea groups is 1. The Bertz CT molecular complexity index is 1750. The number of aromatic nitrogens is 4. The molecule has 8 rings (SSSR count). The fourth-order valence-electron chi connectivity index (χ4n) is 6.57. The van der Waals surface area contributed by atoms with Gasteiger partial charge in [-0.1, -0.05) is 41.2 Å². The number of amides is 2. The summed E-state index contributed by atoms with van der Waals surface area (Å²) < 4.78 is 7.49. The van der Waals surface area contributed by atoms with E-state index >= 15 is 0 Å². The molecule has 0 bridgehead atoms. The minimum absolute atomic E-state index is 0.142. The smallest absolute Gasteiger partial charge is 0.320 e. The van der Waals surface area contributed by atoms with Crippen LogP contribution in [0.4, 0.5) is 21.4 Å². The quantitative estimate of drug-likeness (QED) is 0.334. The Morgan fingerprint density at radius 3 is 2.56 bits per heavy atom. The van der Waals surface area contributed by atoms with Gasteiger partial charge in [-0.05, 0) is 25.8 Å².